The van der Waals surface area contributed by atoms with E-state index in [1.54, 1.807) is 24.3 Å². The van der Waals surface area contributed by atoms with Crippen LogP contribution >= 0.6 is 34.8 Å². The Labute approximate surface area is 141 Å². The number of aromatic nitrogens is 1. The van der Waals surface area contributed by atoms with Gasteiger partial charge in [0.05, 0.1) is 21.8 Å². The van der Waals surface area contributed by atoms with Gasteiger partial charge in [-0.15, -0.1) is 0 Å². The molecule has 0 saturated carbocycles. The Kier molecular flexibility index (Phi) is 3.96. The third kappa shape index (κ3) is 2.63. The fourth-order valence-electron chi connectivity index (χ4n) is 2.24. The van der Waals surface area contributed by atoms with Gasteiger partial charge in [-0.3, -0.25) is 0 Å². The summed E-state index contributed by atoms with van der Waals surface area (Å²) in [7, 11) is 0. The summed E-state index contributed by atoms with van der Waals surface area (Å²) in [4.78, 5) is 16.0. The first kappa shape index (κ1) is 15.1. The smallest absolute Gasteiger partial charge is 0.336 e. The SMILES string of the molecule is O=C(O)c1cc(-c2ccccc2Cl)nc2c(Cl)cc(Cl)cc12. The highest BCUT2D eigenvalue weighted by molar-refractivity contribution is 6.39. The standard InChI is InChI=1S/C16H8Cl3NO2/c17-8-5-10-11(16(21)22)7-14(20-15(10)13(19)6-8)9-3-1-2-4-12(9)18/h1-7H,(H,21,22). The molecule has 0 aliphatic carbocycles. The Morgan fingerprint density at radius 2 is 1.73 bits per heavy atom. The summed E-state index contributed by atoms with van der Waals surface area (Å²) < 4.78 is 0. The van der Waals surface area contributed by atoms with E-state index in [0.717, 1.165) is 0 Å². The van der Waals surface area contributed by atoms with E-state index in [4.69, 9.17) is 34.8 Å². The first-order chi connectivity index (χ1) is 10.5. The van der Waals surface area contributed by atoms with E-state index >= 15 is 0 Å². The molecule has 0 atom stereocenters. The van der Waals surface area contributed by atoms with Gasteiger partial charge < -0.3 is 5.11 Å². The summed E-state index contributed by atoms with van der Waals surface area (Å²) in [6.07, 6.45) is 0. The Bertz CT molecular complexity index is 909. The van der Waals surface area contributed by atoms with Crippen molar-refractivity contribution in [2.75, 3.05) is 0 Å². The summed E-state index contributed by atoms with van der Waals surface area (Å²) in [5.41, 5.74) is 1.53. The summed E-state index contributed by atoms with van der Waals surface area (Å²) in [5.74, 6) is -1.08. The minimum absolute atomic E-state index is 0.0734. The zero-order valence-corrected chi connectivity index (χ0v) is 13.2. The van der Waals surface area contributed by atoms with Gasteiger partial charge in [-0.25, -0.2) is 9.78 Å². The molecule has 0 amide bonds. The van der Waals surface area contributed by atoms with Crippen LogP contribution in [-0.4, -0.2) is 16.1 Å². The number of carboxylic acid groups (broad SMARTS) is 1. The molecule has 0 spiro atoms. The third-order valence-corrected chi connectivity index (χ3v) is 4.05. The van der Waals surface area contributed by atoms with Gasteiger partial charge in [0.1, 0.15) is 0 Å². The van der Waals surface area contributed by atoms with Crippen molar-refractivity contribution in [3.63, 3.8) is 0 Å². The number of halogens is 3. The Hall–Kier alpha value is -1.81. The average Bonchev–Trinajstić information content (AvgIpc) is 2.46. The van der Waals surface area contributed by atoms with Crippen LogP contribution < -0.4 is 0 Å². The lowest BCUT2D eigenvalue weighted by atomic mass is 10.0. The molecule has 0 unspecified atom stereocenters. The Morgan fingerprint density at radius 3 is 2.41 bits per heavy atom. The van der Waals surface area contributed by atoms with Gasteiger partial charge in [0.2, 0.25) is 0 Å². The summed E-state index contributed by atoms with van der Waals surface area (Å²) in [5, 5.41) is 11.0. The van der Waals surface area contributed by atoms with Crippen LogP contribution in [-0.2, 0) is 0 Å². The molecule has 0 fully saturated rings. The number of carbonyl (C=O) groups is 1. The molecule has 0 saturated heterocycles. The zero-order chi connectivity index (χ0) is 15.9. The molecule has 0 aliphatic rings. The number of hydrogen-bond acceptors (Lipinski definition) is 2. The molecule has 6 heteroatoms. The predicted molar refractivity (Wildman–Crippen MR) is 89.2 cm³/mol. The van der Waals surface area contributed by atoms with Crippen LogP contribution in [0, 0.1) is 0 Å². The van der Waals surface area contributed by atoms with Gasteiger partial charge in [-0.05, 0) is 24.3 Å². The van der Waals surface area contributed by atoms with E-state index in [1.165, 1.54) is 18.2 Å². The van der Waals surface area contributed by atoms with Crippen molar-refractivity contribution in [2.45, 2.75) is 0 Å². The van der Waals surface area contributed by atoms with Crippen molar-refractivity contribution in [1.82, 2.24) is 4.98 Å². The van der Waals surface area contributed by atoms with Crippen molar-refractivity contribution in [1.29, 1.82) is 0 Å². The molecule has 0 aliphatic heterocycles. The van der Waals surface area contributed by atoms with Crippen molar-refractivity contribution in [3.05, 3.63) is 63.1 Å². The molecular weight excluding hydrogens is 345 g/mol. The molecular formula is C16H8Cl3NO2. The number of carboxylic acids is 1. The number of pyridine rings is 1. The normalized spacial score (nSPS) is 10.9. The second-order valence-corrected chi connectivity index (χ2v) is 5.87. The molecule has 0 bridgehead atoms. The lowest BCUT2D eigenvalue weighted by Crippen LogP contribution is -2.01. The van der Waals surface area contributed by atoms with E-state index in [-0.39, 0.29) is 5.56 Å². The number of nitrogens with zero attached hydrogens (tertiary/aromatic N) is 1. The minimum atomic E-state index is -1.08. The average molecular weight is 353 g/mol. The molecule has 3 rings (SSSR count). The minimum Gasteiger partial charge on any atom is -0.478 e. The fraction of sp³-hybridized carbons (Fsp3) is 0. The highest BCUT2D eigenvalue weighted by Gasteiger charge is 2.16. The predicted octanol–water partition coefficient (Wildman–Crippen LogP) is 5.56. The molecule has 1 heterocycles. The Morgan fingerprint density at radius 1 is 1.00 bits per heavy atom. The first-order valence-electron chi connectivity index (χ1n) is 6.25. The van der Waals surface area contributed by atoms with Gasteiger partial charge in [0, 0.05) is 21.0 Å². The highest BCUT2D eigenvalue weighted by atomic mass is 35.5. The highest BCUT2D eigenvalue weighted by Crippen LogP contribution is 2.34. The summed E-state index contributed by atoms with van der Waals surface area (Å²) >= 11 is 18.3. The van der Waals surface area contributed by atoms with Crippen molar-refractivity contribution in [2.24, 2.45) is 0 Å². The van der Waals surface area contributed by atoms with Gasteiger partial charge in [0.15, 0.2) is 0 Å². The lowest BCUT2D eigenvalue weighted by Gasteiger charge is -2.10. The third-order valence-electron chi connectivity index (χ3n) is 3.21. The molecule has 22 heavy (non-hydrogen) atoms. The van der Waals surface area contributed by atoms with Crippen LogP contribution in [0.15, 0.2) is 42.5 Å². The van der Waals surface area contributed by atoms with Crippen LogP contribution in [0.4, 0.5) is 0 Å². The molecule has 2 aromatic carbocycles. The molecule has 3 nitrogen and oxygen atoms in total. The number of rotatable bonds is 2. The van der Waals surface area contributed by atoms with Crippen LogP contribution in [0.3, 0.4) is 0 Å². The molecule has 0 radical (unpaired) electrons. The van der Waals surface area contributed by atoms with Crippen molar-refractivity contribution >= 4 is 51.7 Å². The van der Waals surface area contributed by atoms with Gasteiger partial charge in [-0.1, -0.05) is 53.0 Å². The Balaban J connectivity index is 2.40. The number of benzene rings is 2. The van der Waals surface area contributed by atoms with Crippen molar-refractivity contribution < 1.29 is 9.90 Å². The summed E-state index contributed by atoms with van der Waals surface area (Å²) in [6, 6.07) is 11.6. The molecule has 1 aromatic heterocycles. The van der Waals surface area contributed by atoms with Gasteiger partial charge >= 0.3 is 5.97 Å². The first-order valence-corrected chi connectivity index (χ1v) is 7.39. The number of hydrogen-bond donors (Lipinski definition) is 1. The maximum absolute atomic E-state index is 11.6. The molecule has 3 aromatic rings. The zero-order valence-electron chi connectivity index (χ0n) is 11.0. The van der Waals surface area contributed by atoms with E-state index in [9.17, 15) is 9.90 Å². The maximum Gasteiger partial charge on any atom is 0.336 e. The van der Waals surface area contributed by atoms with Crippen LogP contribution in [0.5, 0.6) is 0 Å². The van der Waals surface area contributed by atoms with Gasteiger partial charge in [-0.2, -0.15) is 0 Å². The number of fused-ring (bicyclic) bond motifs is 1. The van der Waals surface area contributed by atoms with E-state index in [1.807, 2.05) is 0 Å². The second kappa shape index (κ2) is 5.76. The van der Waals surface area contributed by atoms with E-state index in [0.29, 0.717) is 37.2 Å². The molecule has 1 N–H and O–H groups in total. The van der Waals surface area contributed by atoms with Crippen LogP contribution in [0.2, 0.25) is 15.1 Å². The van der Waals surface area contributed by atoms with E-state index in [2.05, 4.69) is 4.98 Å². The van der Waals surface area contributed by atoms with Crippen molar-refractivity contribution in [3.8, 4) is 11.3 Å². The summed E-state index contributed by atoms with van der Waals surface area (Å²) in [6.45, 7) is 0. The number of aromatic carboxylic acids is 1. The quantitative estimate of drug-likeness (QED) is 0.657. The van der Waals surface area contributed by atoms with Crippen LogP contribution in [0.25, 0.3) is 22.2 Å². The van der Waals surface area contributed by atoms with E-state index < -0.39 is 5.97 Å². The molecule has 110 valence electrons. The fourth-order valence-corrected chi connectivity index (χ4v) is 3.00. The lowest BCUT2D eigenvalue weighted by molar-refractivity contribution is 0.0699. The largest absolute Gasteiger partial charge is 0.478 e. The van der Waals surface area contributed by atoms with Gasteiger partial charge in [0.25, 0.3) is 0 Å². The topological polar surface area (TPSA) is 50.2 Å². The maximum atomic E-state index is 11.6. The second-order valence-electron chi connectivity index (χ2n) is 4.62. The van der Waals surface area contributed by atoms with Crippen LogP contribution in [0.1, 0.15) is 10.4 Å². The monoisotopic (exact) mass is 351 g/mol.